The molecule has 0 radical (unpaired) electrons. The van der Waals surface area contributed by atoms with Gasteiger partial charge in [-0.05, 0) is 67.1 Å². The average molecular weight is 691 g/mol. The first-order valence-corrected chi connectivity index (χ1v) is 16.3. The molecular weight excluding hydrogens is 636 g/mol. The Labute approximate surface area is 289 Å². The van der Waals surface area contributed by atoms with Gasteiger partial charge in [0.2, 0.25) is 12.2 Å². The number of hydrogen-bond donors (Lipinski definition) is 2. The second kappa shape index (κ2) is 19.7. The molecule has 14 heteroatoms. The SMILES string of the molecule is C=C(C)C(=O)OCCOC(=O)NCC1(C)CC(N=C=O)CC(C)(C)C1.C=CC(=O)OCCOC(=O)NCC1(C)CC(N=C=O)CC(C)(C)C1. The topological polar surface area (TPSA) is 188 Å². The predicted octanol–water partition coefficient (Wildman–Crippen LogP) is 5.12. The van der Waals surface area contributed by atoms with E-state index in [1.54, 1.807) is 19.1 Å². The number of carbonyl (C=O) groups excluding carboxylic acids is 6. The van der Waals surface area contributed by atoms with Crippen LogP contribution < -0.4 is 10.6 Å². The van der Waals surface area contributed by atoms with Gasteiger partial charge in [-0.3, -0.25) is 0 Å². The molecule has 0 bridgehead atoms. The minimum Gasteiger partial charge on any atom is -0.459 e. The first kappa shape index (κ1) is 42.7. The predicted molar refractivity (Wildman–Crippen MR) is 181 cm³/mol. The molecule has 0 aromatic carbocycles. The number of nitrogens with one attached hydrogen (secondary N) is 2. The van der Waals surface area contributed by atoms with Crippen LogP contribution in [0.2, 0.25) is 0 Å². The summed E-state index contributed by atoms with van der Waals surface area (Å²) in [6.45, 7) is 21.7. The Hall–Kier alpha value is -4.28. The number of ether oxygens (including phenoxy) is 4. The minimum atomic E-state index is -0.565. The van der Waals surface area contributed by atoms with Crippen molar-refractivity contribution in [3.8, 4) is 0 Å². The number of amides is 2. The molecule has 49 heavy (non-hydrogen) atoms. The van der Waals surface area contributed by atoms with E-state index >= 15 is 0 Å². The molecule has 2 saturated carbocycles. The molecule has 0 saturated heterocycles. The lowest BCUT2D eigenvalue weighted by atomic mass is 9.62. The van der Waals surface area contributed by atoms with Gasteiger partial charge in [-0.15, -0.1) is 0 Å². The van der Waals surface area contributed by atoms with Gasteiger partial charge < -0.3 is 29.6 Å². The molecule has 4 unspecified atom stereocenters. The van der Waals surface area contributed by atoms with Crippen LogP contribution in [-0.2, 0) is 38.1 Å². The van der Waals surface area contributed by atoms with Gasteiger partial charge in [-0.25, -0.2) is 38.8 Å². The molecule has 4 atom stereocenters. The summed E-state index contributed by atoms with van der Waals surface area (Å²) in [5.41, 5.74) is -0.00730. The first-order valence-electron chi connectivity index (χ1n) is 16.3. The van der Waals surface area contributed by atoms with Crippen molar-refractivity contribution < 1.29 is 47.7 Å². The second-order valence-electron chi connectivity index (χ2n) is 15.1. The summed E-state index contributed by atoms with van der Waals surface area (Å²) in [5, 5.41) is 5.48. The van der Waals surface area contributed by atoms with Gasteiger partial charge >= 0.3 is 24.1 Å². The summed E-state index contributed by atoms with van der Waals surface area (Å²) >= 11 is 0. The number of esters is 2. The fourth-order valence-corrected chi connectivity index (χ4v) is 7.16. The molecule has 2 aliphatic rings. The zero-order valence-corrected chi connectivity index (χ0v) is 30.1. The molecule has 274 valence electrons. The normalized spacial score (nSPS) is 24.8. The Morgan fingerprint density at radius 2 is 1.10 bits per heavy atom. The summed E-state index contributed by atoms with van der Waals surface area (Å²) in [6.07, 6.45) is 8.09. The lowest BCUT2D eigenvalue weighted by Crippen LogP contribution is -2.45. The highest BCUT2D eigenvalue weighted by molar-refractivity contribution is 5.86. The minimum absolute atomic E-state index is 0.0143. The van der Waals surface area contributed by atoms with Crippen LogP contribution in [0.3, 0.4) is 0 Å². The number of rotatable bonds is 14. The van der Waals surface area contributed by atoms with E-state index in [1.165, 1.54) is 0 Å². The molecule has 0 heterocycles. The molecule has 2 rings (SSSR count). The Bertz CT molecular complexity index is 1280. The van der Waals surface area contributed by atoms with Crippen LogP contribution >= 0.6 is 0 Å². The smallest absolute Gasteiger partial charge is 0.407 e. The molecule has 2 amide bonds. The van der Waals surface area contributed by atoms with Crippen LogP contribution in [-0.4, -0.2) is 87.9 Å². The van der Waals surface area contributed by atoms with E-state index in [-0.39, 0.29) is 60.2 Å². The van der Waals surface area contributed by atoms with Crippen molar-refractivity contribution in [2.75, 3.05) is 39.5 Å². The Morgan fingerprint density at radius 3 is 1.47 bits per heavy atom. The Kier molecular flexibility index (Phi) is 17.1. The molecule has 0 aromatic heterocycles. The molecule has 2 N–H and O–H groups in total. The average Bonchev–Trinajstić information content (AvgIpc) is 2.98. The van der Waals surface area contributed by atoms with Gasteiger partial charge in [0.25, 0.3) is 0 Å². The Morgan fingerprint density at radius 1 is 0.714 bits per heavy atom. The van der Waals surface area contributed by atoms with Gasteiger partial charge in [0.1, 0.15) is 26.4 Å². The highest BCUT2D eigenvalue weighted by Crippen LogP contribution is 2.47. The van der Waals surface area contributed by atoms with Crippen molar-refractivity contribution in [1.82, 2.24) is 10.6 Å². The van der Waals surface area contributed by atoms with Crippen molar-refractivity contribution >= 4 is 36.3 Å². The van der Waals surface area contributed by atoms with Crippen LogP contribution in [0.15, 0.2) is 34.8 Å². The maximum atomic E-state index is 11.8. The number of hydrogen-bond acceptors (Lipinski definition) is 12. The summed E-state index contributed by atoms with van der Waals surface area (Å²) in [7, 11) is 0. The zero-order valence-electron chi connectivity index (χ0n) is 30.1. The molecule has 2 fully saturated rings. The van der Waals surface area contributed by atoms with Crippen LogP contribution in [0.5, 0.6) is 0 Å². The number of isocyanates is 2. The molecule has 0 aliphatic heterocycles. The molecule has 14 nitrogen and oxygen atoms in total. The molecule has 0 aromatic rings. The van der Waals surface area contributed by atoms with E-state index in [0.717, 1.165) is 31.8 Å². The van der Waals surface area contributed by atoms with Crippen LogP contribution in [0.25, 0.3) is 0 Å². The van der Waals surface area contributed by atoms with E-state index in [2.05, 4.69) is 75.3 Å². The number of alkyl carbamates (subject to hydrolysis) is 2. The highest BCUT2D eigenvalue weighted by atomic mass is 16.6. The van der Waals surface area contributed by atoms with Gasteiger partial charge in [0.05, 0.1) is 12.1 Å². The summed E-state index contributed by atoms with van der Waals surface area (Å²) in [4.78, 5) is 74.5. The van der Waals surface area contributed by atoms with Crippen molar-refractivity contribution in [3.63, 3.8) is 0 Å². The van der Waals surface area contributed by atoms with Crippen molar-refractivity contribution in [2.45, 2.75) is 99.1 Å². The van der Waals surface area contributed by atoms with E-state index in [9.17, 15) is 28.8 Å². The lowest BCUT2D eigenvalue weighted by Gasteiger charge is -2.45. The maximum Gasteiger partial charge on any atom is 0.407 e. The summed E-state index contributed by atoms with van der Waals surface area (Å²) in [5.74, 6) is -1.07. The van der Waals surface area contributed by atoms with Gasteiger partial charge in [-0.1, -0.05) is 54.7 Å². The quantitative estimate of drug-likeness (QED) is 0.0619. The number of nitrogens with zero attached hydrogens (tertiary/aromatic N) is 2. The third-order valence-corrected chi connectivity index (χ3v) is 8.26. The summed E-state index contributed by atoms with van der Waals surface area (Å²) in [6, 6.07) is -0.155. The van der Waals surface area contributed by atoms with Crippen LogP contribution in [0.4, 0.5) is 9.59 Å². The monoisotopic (exact) mass is 690 g/mol. The van der Waals surface area contributed by atoms with Gasteiger partial charge in [-0.2, -0.15) is 0 Å². The van der Waals surface area contributed by atoms with Gasteiger partial charge in [0.15, 0.2) is 0 Å². The van der Waals surface area contributed by atoms with Crippen LogP contribution in [0, 0.1) is 21.7 Å². The van der Waals surface area contributed by atoms with Crippen molar-refractivity contribution in [2.24, 2.45) is 31.6 Å². The third-order valence-electron chi connectivity index (χ3n) is 8.26. The number of carbonyl (C=O) groups is 4. The van der Waals surface area contributed by atoms with Crippen molar-refractivity contribution in [3.05, 3.63) is 24.8 Å². The standard InChI is InChI=1S/C18H28N2O5.C17H26N2O5/c1-13(2)15(22)24-6-7-25-16(23)19-11-18(5)9-14(20-12-21)8-17(3,4)10-18;1-5-14(21)23-6-7-24-15(22)18-11-17(4)9-13(19-12-20)8-16(2,3)10-17/h14H,1,6-11H2,2-5H3,(H,19,23);5,13H,1,6-11H2,2-4H3,(H,18,22). The summed E-state index contributed by atoms with van der Waals surface area (Å²) < 4.78 is 19.5. The van der Waals surface area contributed by atoms with E-state index < -0.39 is 24.1 Å². The zero-order chi connectivity index (χ0) is 37.3. The number of aliphatic imine (C=N–C) groups is 2. The largest absolute Gasteiger partial charge is 0.459 e. The first-order chi connectivity index (χ1) is 22.8. The lowest BCUT2D eigenvalue weighted by molar-refractivity contribution is -0.140. The maximum absolute atomic E-state index is 11.8. The Balaban J connectivity index is 0.000000490. The van der Waals surface area contributed by atoms with Gasteiger partial charge in [0, 0.05) is 24.7 Å². The van der Waals surface area contributed by atoms with E-state index in [1.807, 2.05) is 0 Å². The second-order valence-corrected chi connectivity index (χ2v) is 15.1. The van der Waals surface area contributed by atoms with E-state index in [4.69, 9.17) is 18.9 Å². The molecule has 0 spiro atoms. The third kappa shape index (κ3) is 17.6. The van der Waals surface area contributed by atoms with E-state index in [0.29, 0.717) is 31.5 Å². The molecule has 2 aliphatic carbocycles. The highest BCUT2D eigenvalue weighted by Gasteiger charge is 2.42. The fourth-order valence-electron chi connectivity index (χ4n) is 7.16. The fraction of sp³-hybridized carbons (Fsp3) is 0.714. The van der Waals surface area contributed by atoms with Crippen molar-refractivity contribution in [1.29, 1.82) is 0 Å². The van der Waals surface area contributed by atoms with Crippen LogP contribution in [0.1, 0.15) is 87.0 Å². The molecular formula is C35H54N4O10.